The maximum atomic E-state index is 9.09. The molecule has 0 saturated carbocycles. The summed E-state index contributed by atoms with van der Waals surface area (Å²) in [5.74, 6) is 0.215. The molecule has 0 atom stereocenters. The summed E-state index contributed by atoms with van der Waals surface area (Å²) in [4.78, 5) is 6.69. The first-order valence-corrected chi connectivity index (χ1v) is 3.99. The number of fused-ring (bicyclic) bond motifs is 1. The van der Waals surface area contributed by atoms with E-state index < -0.39 is 7.12 Å². The molecular weight excluding hydrogens is 183 g/mol. The first kappa shape index (κ1) is 8.85. The number of nitrogens with two attached hydrogens (primary N) is 2. The van der Waals surface area contributed by atoms with Gasteiger partial charge in [-0.2, -0.15) is 0 Å². The van der Waals surface area contributed by atoms with Crippen molar-refractivity contribution in [2.75, 3.05) is 11.5 Å². The summed E-state index contributed by atoms with van der Waals surface area (Å²) < 4.78 is 0. The lowest BCUT2D eigenvalue weighted by Gasteiger charge is -2.03. The average Bonchev–Trinajstić information content (AvgIpc) is 2.43. The Balaban J connectivity index is 2.82. The highest BCUT2D eigenvalue weighted by atomic mass is 16.4. The molecule has 72 valence electrons. The number of hydrogen-bond donors (Lipinski definition) is 5. The summed E-state index contributed by atoms with van der Waals surface area (Å²) in [6.45, 7) is 0. The van der Waals surface area contributed by atoms with Crippen LogP contribution >= 0.6 is 0 Å². The molecule has 7 heteroatoms. The molecule has 1 heterocycles. The molecule has 1 aromatic carbocycles. The molecule has 14 heavy (non-hydrogen) atoms. The number of H-pyrrole nitrogens is 1. The fraction of sp³-hybridized carbons (Fsp3) is 0. The summed E-state index contributed by atoms with van der Waals surface area (Å²) in [6, 6.07) is 3.24. The third kappa shape index (κ3) is 1.19. The van der Waals surface area contributed by atoms with Crippen molar-refractivity contribution in [2.45, 2.75) is 0 Å². The van der Waals surface area contributed by atoms with Gasteiger partial charge in [-0.1, -0.05) is 0 Å². The van der Waals surface area contributed by atoms with E-state index in [-0.39, 0.29) is 17.1 Å². The van der Waals surface area contributed by atoms with Gasteiger partial charge < -0.3 is 26.5 Å². The lowest BCUT2D eigenvalue weighted by molar-refractivity contribution is 0.426. The Morgan fingerprint density at radius 3 is 2.64 bits per heavy atom. The fourth-order valence-corrected chi connectivity index (χ4v) is 1.40. The van der Waals surface area contributed by atoms with Crippen LogP contribution in [0, 0.1) is 0 Å². The predicted octanol–water partition coefficient (Wildman–Crippen LogP) is -1.59. The highest BCUT2D eigenvalue weighted by Crippen LogP contribution is 2.14. The molecule has 0 aliphatic heterocycles. The first-order valence-electron chi connectivity index (χ1n) is 3.99. The number of aromatic amines is 1. The largest absolute Gasteiger partial charge is 0.492 e. The number of imidazole rings is 1. The van der Waals surface area contributed by atoms with Crippen molar-refractivity contribution >= 4 is 35.3 Å². The van der Waals surface area contributed by atoms with Gasteiger partial charge in [0.1, 0.15) is 0 Å². The third-order valence-corrected chi connectivity index (χ3v) is 2.00. The number of nitrogen functional groups attached to an aromatic ring is 2. The van der Waals surface area contributed by atoms with Crippen LogP contribution in [-0.4, -0.2) is 27.1 Å². The second-order valence-corrected chi connectivity index (χ2v) is 2.96. The van der Waals surface area contributed by atoms with E-state index >= 15 is 0 Å². The predicted molar refractivity (Wildman–Crippen MR) is 54.7 cm³/mol. The van der Waals surface area contributed by atoms with Crippen molar-refractivity contribution in [1.29, 1.82) is 0 Å². The number of nitrogens with one attached hydrogen (secondary N) is 1. The Kier molecular flexibility index (Phi) is 1.83. The van der Waals surface area contributed by atoms with Crippen molar-refractivity contribution in [2.24, 2.45) is 0 Å². The Morgan fingerprint density at radius 1 is 1.29 bits per heavy atom. The van der Waals surface area contributed by atoms with Gasteiger partial charge in [-0.3, -0.25) is 0 Å². The number of aromatic nitrogens is 2. The molecule has 0 saturated heterocycles. The molecule has 6 nitrogen and oxygen atoms in total. The van der Waals surface area contributed by atoms with Crippen LogP contribution < -0.4 is 16.9 Å². The van der Waals surface area contributed by atoms with Gasteiger partial charge in [-0.25, -0.2) is 4.98 Å². The fourth-order valence-electron chi connectivity index (χ4n) is 1.40. The van der Waals surface area contributed by atoms with Crippen LogP contribution in [0.25, 0.3) is 11.0 Å². The summed E-state index contributed by atoms with van der Waals surface area (Å²) in [6.07, 6.45) is 0. The van der Waals surface area contributed by atoms with E-state index in [1.807, 2.05) is 0 Å². The first-order chi connectivity index (χ1) is 6.59. The van der Waals surface area contributed by atoms with Crippen LogP contribution in [0.3, 0.4) is 0 Å². The summed E-state index contributed by atoms with van der Waals surface area (Å²) in [7, 11) is -1.65. The highest BCUT2D eigenvalue weighted by Gasteiger charge is 2.20. The maximum Gasteiger partial charge on any atom is 0.492 e. The maximum absolute atomic E-state index is 9.09. The number of nitrogens with zero attached hydrogens (tertiary/aromatic N) is 1. The van der Waals surface area contributed by atoms with Gasteiger partial charge in [0.2, 0.25) is 0 Å². The minimum atomic E-state index is -1.65. The van der Waals surface area contributed by atoms with Crippen LogP contribution in [0.1, 0.15) is 0 Å². The molecule has 1 aromatic heterocycles. The molecule has 0 radical (unpaired) electrons. The zero-order chi connectivity index (χ0) is 10.3. The van der Waals surface area contributed by atoms with Gasteiger partial charge in [0.25, 0.3) is 0 Å². The smallest absolute Gasteiger partial charge is 0.423 e. The summed E-state index contributed by atoms with van der Waals surface area (Å²) >= 11 is 0. The van der Waals surface area contributed by atoms with Gasteiger partial charge in [0.15, 0.2) is 5.95 Å². The molecule has 0 spiro atoms. The molecule has 2 rings (SSSR count). The third-order valence-electron chi connectivity index (χ3n) is 2.00. The minimum Gasteiger partial charge on any atom is -0.423 e. The van der Waals surface area contributed by atoms with Crippen LogP contribution in [0.15, 0.2) is 12.1 Å². The highest BCUT2D eigenvalue weighted by molar-refractivity contribution is 6.63. The second-order valence-electron chi connectivity index (χ2n) is 2.96. The van der Waals surface area contributed by atoms with Crippen molar-refractivity contribution in [3.8, 4) is 0 Å². The Labute approximate surface area is 79.7 Å². The van der Waals surface area contributed by atoms with Gasteiger partial charge in [0.05, 0.1) is 11.0 Å². The monoisotopic (exact) mass is 192 g/mol. The SMILES string of the molecule is Nc1nc2c(B(O)O)c(N)ccc2[nH]1. The molecule has 7 N–H and O–H groups in total. The van der Waals surface area contributed by atoms with Crippen molar-refractivity contribution in [3.05, 3.63) is 12.1 Å². The Morgan fingerprint density at radius 2 is 2.00 bits per heavy atom. The number of hydrogen-bond acceptors (Lipinski definition) is 5. The van der Waals surface area contributed by atoms with Crippen molar-refractivity contribution in [1.82, 2.24) is 9.97 Å². The molecule has 0 unspecified atom stereocenters. The standard InChI is InChI=1S/C7H9BN4O2/c9-3-1-2-4-6(5(3)8(13)14)12-7(10)11-4/h1-2,13-14H,9H2,(H3,10,11,12). The van der Waals surface area contributed by atoms with Crippen LogP contribution in [0.4, 0.5) is 11.6 Å². The van der Waals surface area contributed by atoms with Gasteiger partial charge >= 0.3 is 7.12 Å². The van der Waals surface area contributed by atoms with Crippen LogP contribution in [0.2, 0.25) is 0 Å². The molecule has 0 bridgehead atoms. The lowest BCUT2D eigenvalue weighted by Crippen LogP contribution is -2.33. The minimum absolute atomic E-state index is 0.176. The molecular formula is C7H9BN4O2. The van der Waals surface area contributed by atoms with Gasteiger partial charge in [-0.05, 0) is 12.1 Å². The molecule has 0 fully saturated rings. The zero-order valence-electron chi connectivity index (χ0n) is 7.23. The van der Waals surface area contributed by atoms with Crippen molar-refractivity contribution in [3.63, 3.8) is 0 Å². The zero-order valence-corrected chi connectivity index (χ0v) is 7.23. The van der Waals surface area contributed by atoms with E-state index in [1.54, 1.807) is 12.1 Å². The number of rotatable bonds is 1. The topological polar surface area (TPSA) is 121 Å². The van der Waals surface area contributed by atoms with Crippen molar-refractivity contribution < 1.29 is 10.0 Å². The summed E-state index contributed by atoms with van der Waals surface area (Å²) in [5, 5.41) is 18.2. The number of benzene rings is 1. The van der Waals surface area contributed by atoms with E-state index in [9.17, 15) is 0 Å². The van der Waals surface area contributed by atoms with Crippen LogP contribution in [0.5, 0.6) is 0 Å². The van der Waals surface area contributed by atoms with E-state index in [4.69, 9.17) is 21.5 Å². The second kappa shape index (κ2) is 2.90. The van der Waals surface area contributed by atoms with E-state index in [0.717, 1.165) is 0 Å². The summed E-state index contributed by atoms with van der Waals surface area (Å²) in [5.41, 5.74) is 12.5. The van der Waals surface area contributed by atoms with Crippen LogP contribution in [-0.2, 0) is 0 Å². The Hall–Kier alpha value is -1.73. The number of anilines is 2. The molecule has 0 aliphatic carbocycles. The van der Waals surface area contributed by atoms with Gasteiger partial charge in [0, 0.05) is 11.2 Å². The lowest BCUT2D eigenvalue weighted by atomic mass is 9.78. The van der Waals surface area contributed by atoms with E-state index in [1.165, 1.54) is 0 Å². The van der Waals surface area contributed by atoms with E-state index in [0.29, 0.717) is 11.0 Å². The molecule has 0 aliphatic rings. The molecule has 0 amide bonds. The van der Waals surface area contributed by atoms with E-state index in [2.05, 4.69) is 9.97 Å². The normalized spacial score (nSPS) is 10.7. The Bertz CT molecular complexity index is 482. The van der Waals surface area contributed by atoms with Gasteiger partial charge in [-0.15, -0.1) is 0 Å². The average molecular weight is 192 g/mol. The quantitative estimate of drug-likeness (QED) is 0.275. The molecule has 2 aromatic rings.